The van der Waals surface area contributed by atoms with Gasteiger partial charge in [-0.05, 0) is 31.4 Å². The fourth-order valence-corrected chi connectivity index (χ4v) is 2.37. The van der Waals surface area contributed by atoms with Crippen LogP contribution in [0.3, 0.4) is 0 Å². The second-order valence-electron chi connectivity index (χ2n) is 4.69. The summed E-state index contributed by atoms with van der Waals surface area (Å²) in [6.45, 7) is 1.31. The molecule has 0 saturated carbocycles. The van der Waals surface area contributed by atoms with Crippen LogP contribution in [-0.4, -0.2) is 14.4 Å². The van der Waals surface area contributed by atoms with E-state index in [-0.39, 0.29) is 5.56 Å². The summed E-state index contributed by atoms with van der Waals surface area (Å²) in [6, 6.07) is 7.34. The molecule has 19 heavy (non-hydrogen) atoms. The Bertz CT molecular complexity index is 908. The molecule has 3 rings (SSSR count). The van der Waals surface area contributed by atoms with E-state index in [9.17, 15) is 4.79 Å². The van der Waals surface area contributed by atoms with E-state index in [2.05, 4.69) is 9.97 Å². The zero-order valence-corrected chi connectivity index (χ0v) is 10.9. The molecule has 1 N–H and O–H groups in total. The van der Waals surface area contributed by atoms with Gasteiger partial charge in [-0.3, -0.25) is 4.79 Å². The van der Waals surface area contributed by atoms with Crippen LogP contribution in [0.15, 0.2) is 29.1 Å². The predicted octanol–water partition coefficient (Wildman–Crippen LogP) is 3.00. The first-order valence-electron chi connectivity index (χ1n) is 7.84. The van der Waals surface area contributed by atoms with E-state index in [1.54, 1.807) is 13.8 Å². The molecule has 0 aliphatic carbocycles. The molecule has 1 atom stereocenters. The molecule has 4 nitrogen and oxygen atoms in total. The van der Waals surface area contributed by atoms with Crippen LogP contribution in [-0.2, 0) is 0 Å². The molecule has 2 aromatic heterocycles. The summed E-state index contributed by atoms with van der Waals surface area (Å²) < 4.78 is 24.6. The standard InChI is InChI=1S/C15H17N3O/c1-4-9(2)13-10(3)14(19)18-12-8-6-5-7-11(12)16-15(18)17-13/h5-9H,4H2,1-3H3,(H,16,17)/t9-/m0/s1/i2D3. The predicted molar refractivity (Wildman–Crippen MR) is 76.8 cm³/mol. The highest BCUT2D eigenvalue weighted by Crippen LogP contribution is 2.20. The lowest BCUT2D eigenvalue weighted by Gasteiger charge is -2.12. The molecule has 1 aromatic carbocycles. The molecule has 0 fully saturated rings. The summed E-state index contributed by atoms with van der Waals surface area (Å²) in [4.78, 5) is 20.2. The van der Waals surface area contributed by atoms with Crippen molar-refractivity contribution in [1.82, 2.24) is 14.4 Å². The molecular formula is C15H17N3O. The molecule has 0 unspecified atom stereocenters. The molecule has 2 heterocycles. The first kappa shape index (κ1) is 8.91. The second-order valence-corrected chi connectivity index (χ2v) is 4.69. The number of imidazole rings is 1. The van der Waals surface area contributed by atoms with Crippen molar-refractivity contribution in [1.29, 1.82) is 0 Å². The zero-order valence-electron chi connectivity index (χ0n) is 13.9. The fourth-order valence-electron chi connectivity index (χ4n) is 2.37. The van der Waals surface area contributed by atoms with Gasteiger partial charge in [0.25, 0.3) is 5.56 Å². The van der Waals surface area contributed by atoms with E-state index in [1.807, 2.05) is 24.3 Å². The first-order valence-corrected chi connectivity index (χ1v) is 6.34. The monoisotopic (exact) mass is 258 g/mol. The SMILES string of the molecule is [2H]C([2H])([2H])[C@@H](CC)c1[nH]c2nc3ccccc3n2c(=O)c1C. The van der Waals surface area contributed by atoms with Gasteiger partial charge in [0.2, 0.25) is 5.78 Å². The maximum atomic E-state index is 12.7. The Morgan fingerprint density at radius 1 is 1.47 bits per heavy atom. The number of nitrogens with one attached hydrogen (secondary N) is 1. The van der Waals surface area contributed by atoms with E-state index >= 15 is 0 Å². The Balaban J connectivity index is 2.37. The van der Waals surface area contributed by atoms with Crippen LogP contribution in [0.2, 0.25) is 0 Å². The smallest absolute Gasteiger partial charge is 0.262 e. The number of H-pyrrole nitrogens is 1. The Morgan fingerprint density at radius 2 is 2.26 bits per heavy atom. The van der Waals surface area contributed by atoms with Crippen LogP contribution < -0.4 is 5.56 Å². The highest BCUT2D eigenvalue weighted by Gasteiger charge is 2.15. The van der Waals surface area contributed by atoms with Gasteiger partial charge in [-0.1, -0.05) is 25.9 Å². The van der Waals surface area contributed by atoms with Gasteiger partial charge in [0.1, 0.15) is 0 Å². The summed E-state index contributed by atoms with van der Waals surface area (Å²) in [5.74, 6) is -0.320. The third kappa shape index (κ3) is 1.67. The summed E-state index contributed by atoms with van der Waals surface area (Å²) >= 11 is 0. The summed E-state index contributed by atoms with van der Waals surface area (Å²) in [5.41, 5.74) is 2.08. The highest BCUT2D eigenvalue weighted by molar-refractivity contribution is 5.79. The molecule has 0 saturated heterocycles. The van der Waals surface area contributed by atoms with Crippen molar-refractivity contribution in [2.24, 2.45) is 0 Å². The number of benzene rings is 1. The normalized spacial score (nSPS) is 16.2. The van der Waals surface area contributed by atoms with E-state index in [0.717, 1.165) is 5.52 Å². The van der Waals surface area contributed by atoms with Gasteiger partial charge >= 0.3 is 0 Å². The number of aromatic amines is 1. The van der Waals surface area contributed by atoms with Gasteiger partial charge in [-0.25, -0.2) is 9.38 Å². The molecule has 0 aliphatic rings. The number of nitrogens with zero attached hydrogens (tertiary/aromatic N) is 2. The van der Waals surface area contributed by atoms with Crippen molar-refractivity contribution in [3.05, 3.63) is 45.9 Å². The number of hydrogen-bond acceptors (Lipinski definition) is 2. The quantitative estimate of drug-likeness (QED) is 0.768. The molecular weight excluding hydrogens is 238 g/mol. The number of fused-ring (bicyclic) bond motifs is 3. The number of rotatable bonds is 2. The molecule has 98 valence electrons. The van der Waals surface area contributed by atoms with E-state index in [1.165, 1.54) is 4.40 Å². The van der Waals surface area contributed by atoms with E-state index in [0.29, 0.717) is 29.0 Å². The number of aromatic nitrogens is 3. The molecule has 0 spiro atoms. The van der Waals surface area contributed by atoms with E-state index < -0.39 is 12.8 Å². The highest BCUT2D eigenvalue weighted by atomic mass is 16.1. The van der Waals surface area contributed by atoms with Gasteiger partial charge in [-0.15, -0.1) is 0 Å². The van der Waals surface area contributed by atoms with Gasteiger partial charge in [0.05, 0.1) is 11.0 Å². The number of hydrogen-bond donors (Lipinski definition) is 1. The first-order chi connectivity index (χ1) is 10.3. The van der Waals surface area contributed by atoms with Gasteiger partial charge in [0.15, 0.2) is 0 Å². The minimum absolute atomic E-state index is 0.222. The van der Waals surface area contributed by atoms with Crippen molar-refractivity contribution < 1.29 is 4.11 Å². The maximum absolute atomic E-state index is 12.7. The van der Waals surface area contributed by atoms with Crippen LogP contribution in [0.1, 0.15) is 41.5 Å². The minimum atomic E-state index is -2.16. The summed E-state index contributed by atoms with van der Waals surface area (Å²) in [5, 5.41) is 0. The number of para-hydroxylation sites is 2. The summed E-state index contributed by atoms with van der Waals surface area (Å²) in [6.07, 6.45) is 0.420. The van der Waals surface area contributed by atoms with Crippen molar-refractivity contribution in [3.8, 4) is 0 Å². The topological polar surface area (TPSA) is 50.2 Å². The average Bonchev–Trinajstić information content (AvgIpc) is 2.81. The Hall–Kier alpha value is -2.10. The van der Waals surface area contributed by atoms with E-state index in [4.69, 9.17) is 4.11 Å². The van der Waals surface area contributed by atoms with Crippen LogP contribution in [0.4, 0.5) is 0 Å². The molecule has 0 amide bonds. The molecule has 0 aliphatic heterocycles. The lowest BCUT2D eigenvalue weighted by Crippen LogP contribution is -2.20. The van der Waals surface area contributed by atoms with Gasteiger partial charge < -0.3 is 4.98 Å². The minimum Gasteiger partial charge on any atom is -0.328 e. The van der Waals surface area contributed by atoms with Crippen LogP contribution in [0, 0.1) is 6.92 Å². The van der Waals surface area contributed by atoms with Crippen molar-refractivity contribution in [2.75, 3.05) is 0 Å². The fraction of sp³-hybridized carbons (Fsp3) is 0.333. The summed E-state index contributed by atoms with van der Waals surface area (Å²) in [7, 11) is 0. The lowest BCUT2D eigenvalue weighted by atomic mass is 10.0. The molecule has 0 radical (unpaired) electrons. The average molecular weight is 258 g/mol. The Morgan fingerprint density at radius 3 is 3.00 bits per heavy atom. The molecule has 3 aromatic rings. The third-order valence-corrected chi connectivity index (χ3v) is 3.49. The second kappa shape index (κ2) is 4.23. The zero-order chi connectivity index (χ0) is 16.1. The van der Waals surface area contributed by atoms with Crippen molar-refractivity contribution in [2.45, 2.75) is 33.0 Å². The lowest BCUT2D eigenvalue weighted by molar-refractivity contribution is 0.697. The molecule has 4 heteroatoms. The Labute approximate surface area is 115 Å². The maximum Gasteiger partial charge on any atom is 0.262 e. The Kier molecular flexibility index (Phi) is 1.98. The van der Waals surface area contributed by atoms with Crippen LogP contribution in [0.5, 0.6) is 0 Å². The third-order valence-electron chi connectivity index (χ3n) is 3.49. The van der Waals surface area contributed by atoms with Gasteiger partial charge in [-0.2, -0.15) is 0 Å². The largest absolute Gasteiger partial charge is 0.328 e. The van der Waals surface area contributed by atoms with Crippen LogP contribution >= 0.6 is 0 Å². The van der Waals surface area contributed by atoms with Crippen molar-refractivity contribution in [3.63, 3.8) is 0 Å². The van der Waals surface area contributed by atoms with Crippen molar-refractivity contribution >= 4 is 16.8 Å². The van der Waals surface area contributed by atoms with Gasteiger partial charge in [0, 0.05) is 15.4 Å². The van der Waals surface area contributed by atoms with Crippen LogP contribution in [0.25, 0.3) is 16.8 Å². The molecule has 0 bridgehead atoms.